The summed E-state index contributed by atoms with van der Waals surface area (Å²) in [4.78, 5) is 0. The van der Waals surface area contributed by atoms with Crippen molar-refractivity contribution in [2.75, 3.05) is 25.7 Å². The molecule has 236 valence electrons. The van der Waals surface area contributed by atoms with Crippen LogP contribution in [0.3, 0.4) is 0 Å². The average molecular weight is 649 g/mol. The van der Waals surface area contributed by atoms with E-state index in [1.807, 2.05) is 0 Å². The summed E-state index contributed by atoms with van der Waals surface area (Å²) in [5.41, 5.74) is -2.85. The number of halogens is 6. The second-order valence-electron chi connectivity index (χ2n) is 9.90. The summed E-state index contributed by atoms with van der Waals surface area (Å²) in [7, 11) is -7.92. The van der Waals surface area contributed by atoms with E-state index in [1.165, 1.54) is 6.92 Å². The Hall–Kier alpha value is -2.24. The lowest BCUT2D eigenvalue weighted by Crippen LogP contribution is -2.43. The summed E-state index contributed by atoms with van der Waals surface area (Å²) in [5, 5.41) is 0. The maximum atomic E-state index is 13.4. The highest BCUT2D eigenvalue weighted by Crippen LogP contribution is 2.43. The molecule has 1 aliphatic rings. The fraction of sp³-hybridized carbons (Fsp3) is 0.538. The van der Waals surface area contributed by atoms with Gasteiger partial charge in [0.05, 0.1) is 49.1 Å². The van der Waals surface area contributed by atoms with Gasteiger partial charge in [-0.05, 0) is 42.7 Å². The molecule has 1 fully saturated rings. The molecule has 0 radical (unpaired) electrons. The number of hydrogen-bond acceptors (Lipinski definition) is 8. The molecular formula is C26H30F6O8S2. The van der Waals surface area contributed by atoms with Gasteiger partial charge in [-0.1, -0.05) is 30.3 Å². The average Bonchev–Trinajstić information content (AvgIpc) is 2.85. The third-order valence-corrected chi connectivity index (χ3v) is 7.76. The molecule has 0 aliphatic carbocycles. The van der Waals surface area contributed by atoms with Gasteiger partial charge >= 0.3 is 12.4 Å². The minimum atomic E-state index is -5.06. The van der Waals surface area contributed by atoms with Gasteiger partial charge in [-0.25, -0.2) is 0 Å². The van der Waals surface area contributed by atoms with E-state index in [1.54, 1.807) is 30.3 Å². The van der Waals surface area contributed by atoms with Crippen LogP contribution in [0.5, 0.6) is 0 Å². The van der Waals surface area contributed by atoms with E-state index in [2.05, 4.69) is 0 Å². The number of rotatable bonds is 11. The summed E-state index contributed by atoms with van der Waals surface area (Å²) < 4.78 is 150. The Morgan fingerprint density at radius 1 is 0.905 bits per heavy atom. The first kappa shape index (κ1) is 34.3. The number of benzene rings is 2. The van der Waals surface area contributed by atoms with Crippen molar-refractivity contribution in [2.24, 2.45) is 5.92 Å². The van der Waals surface area contributed by atoms with E-state index in [0.29, 0.717) is 17.7 Å². The molecular weight excluding hydrogens is 618 g/mol. The molecule has 0 N–H and O–H groups in total. The highest BCUT2D eigenvalue weighted by Gasteiger charge is 2.43. The van der Waals surface area contributed by atoms with Crippen LogP contribution < -0.4 is 0 Å². The molecule has 0 aromatic heterocycles. The van der Waals surface area contributed by atoms with E-state index >= 15 is 0 Å². The molecule has 1 saturated heterocycles. The normalized spacial score (nSPS) is 22.1. The first-order valence-corrected chi connectivity index (χ1v) is 16.2. The van der Waals surface area contributed by atoms with Crippen molar-refractivity contribution in [3.05, 3.63) is 70.8 Å². The highest BCUT2D eigenvalue weighted by atomic mass is 32.2. The van der Waals surface area contributed by atoms with Crippen LogP contribution >= 0.6 is 0 Å². The van der Waals surface area contributed by atoms with Crippen LogP contribution in [-0.4, -0.2) is 55.0 Å². The SMILES string of the molecule is C[C@@H](O[C@H]1OCC[C@@H]([C@H](CCOS(C)(=O)=O)OS(C)(=O)=O)[C@@H]1c1ccccc1)c1cc(C(F)(F)F)cc(C(F)(F)F)c1. The molecule has 2 aromatic carbocycles. The van der Waals surface area contributed by atoms with Crippen molar-refractivity contribution in [1.82, 2.24) is 0 Å². The Morgan fingerprint density at radius 2 is 1.48 bits per heavy atom. The van der Waals surface area contributed by atoms with Crippen molar-refractivity contribution in [3.63, 3.8) is 0 Å². The summed E-state index contributed by atoms with van der Waals surface area (Å²) in [6, 6.07) is 9.53. The molecule has 0 bridgehead atoms. The largest absolute Gasteiger partial charge is 0.416 e. The zero-order valence-electron chi connectivity index (χ0n) is 22.7. The second-order valence-corrected chi connectivity index (χ2v) is 13.1. The molecule has 3 rings (SSSR count). The van der Waals surface area contributed by atoms with Crippen molar-refractivity contribution in [3.8, 4) is 0 Å². The van der Waals surface area contributed by atoms with Crippen molar-refractivity contribution in [2.45, 2.75) is 56.5 Å². The van der Waals surface area contributed by atoms with Crippen LogP contribution in [0.4, 0.5) is 26.3 Å². The van der Waals surface area contributed by atoms with Gasteiger partial charge in [0.2, 0.25) is 0 Å². The van der Waals surface area contributed by atoms with Gasteiger partial charge in [0.1, 0.15) is 0 Å². The van der Waals surface area contributed by atoms with Gasteiger partial charge in [-0.3, -0.25) is 8.37 Å². The van der Waals surface area contributed by atoms with E-state index in [-0.39, 0.29) is 25.5 Å². The molecule has 0 amide bonds. The molecule has 0 saturated carbocycles. The first-order valence-electron chi connectivity index (χ1n) is 12.6. The molecule has 0 unspecified atom stereocenters. The van der Waals surface area contributed by atoms with Crippen LogP contribution in [-0.2, 0) is 50.4 Å². The third kappa shape index (κ3) is 9.91. The number of alkyl halides is 6. The molecule has 16 heteroatoms. The van der Waals surface area contributed by atoms with Gasteiger partial charge in [0, 0.05) is 18.3 Å². The predicted molar refractivity (Wildman–Crippen MR) is 138 cm³/mol. The third-order valence-electron chi connectivity index (χ3n) is 6.57. The van der Waals surface area contributed by atoms with E-state index in [4.69, 9.17) is 17.8 Å². The second kappa shape index (κ2) is 13.2. The Kier molecular flexibility index (Phi) is 10.7. The van der Waals surface area contributed by atoms with E-state index < -0.39 is 86.2 Å². The van der Waals surface area contributed by atoms with Crippen LogP contribution in [0.1, 0.15) is 54.0 Å². The topological polar surface area (TPSA) is 105 Å². The molecule has 42 heavy (non-hydrogen) atoms. The Bertz CT molecular complexity index is 1380. The summed E-state index contributed by atoms with van der Waals surface area (Å²) in [6.07, 6.45) is -12.2. The Morgan fingerprint density at radius 3 is 1.98 bits per heavy atom. The molecule has 0 spiro atoms. The maximum absolute atomic E-state index is 13.4. The molecule has 5 atom stereocenters. The standard InChI is InChI=1S/C26H30F6O8S2/c1-16(18-13-19(25(27,28)29)15-20(14-18)26(30,31)32)39-24-23(17-7-5-4-6-8-17)21(9-11-37-24)22(40-42(3,35)36)10-12-38-41(2,33)34/h4-8,13-16,21-24H,9-12H2,1-3H3/t16-,21+,22+,23+,24-/m1/s1. The first-order chi connectivity index (χ1) is 19.2. The summed E-state index contributed by atoms with van der Waals surface area (Å²) in [5.74, 6) is -1.52. The lowest BCUT2D eigenvalue weighted by Gasteiger charge is -2.42. The lowest BCUT2D eigenvalue weighted by atomic mass is 9.77. The quantitative estimate of drug-likeness (QED) is 0.227. The summed E-state index contributed by atoms with van der Waals surface area (Å²) in [6.45, 7) is 0.831. The fourth-order valence-corrected chi connectivity index (χ4v) is 5.88. The van der Waals surface area contributed by atoms with E-state index in [9.17, 15) is 43.2 Å². The van der Waals surface area contributed by atoms with Crippen LogP contribution in [0.25, 0.3) is 0 Å². The van der Waals surface area contributed by atoms with Gasteiger partial charge in [-0.2, -0.15) is 43.2 Å². The van der Waals surface area contributed by atoms with Crippen LogP contribution in [0.2, 0.25) is 0 Å². The van der Waals surface area contributed by atoms with Gasteiger partial charge in [0.15, 0.2) is 6.29 Å². The van der Waals surface area contributed by atoms with Crippen molar-refractivity contribution < 1.29 is 61.0 Å². The van der Waals surface area contributed by atoms with Crippen LogP contribution in [0, 0.1) is 5.92 Å². The number of hydrogen-bond donors (Lipinski definition) is 0. The highest BCUT2D eigenvalue weighted by molar-refractivity contribution is 7.86. The monoisotopic (exact) mass is 648 g/mol. The smallest absolute Gasteiger partial charge is 0.352 e. The van der Waals surface area contributed by atoms with E-state index in [0.717, 1.165) is 12.5 Å². The van der Waals surface area contributed by atoms with Crippen molar-refractivity contribution in [1.29, 1.82) is 0 Å². The molecule has 1 heterocycles. The maximum Gasteiger partial charge on any atom is 0.416 e. The minimum Gasteiger partial charge on any atom is -0.352 e. The van der Waals surface area contributed by atoms with Crippen LogP contribution in [0.15, 0.2) is 48.5 Å². The zero-order valence-corrected chi connectivity index (χ0v) is 24.3. The Balaban J connectivity index is 2.00. The zero-order chi connectivity index (χ0) is 31.5. The Labute approximate surface area is 240 Å². The van der Waals surface area contributed by atoms with Gasteiger partial charge in [-0.15, -0.1) is 0 Å². The molecule has 1 aliphatic heterocycles. The minimum absolute atomic E-state index is 0.0157. The van der Waals surface area contributed by atoms with Gasteiger partial charge < -0.3 is 9.47 Å². The molecule has 2 aromatic rings. The van der Waals surface area contributed by atoms with Crippen molar-refractivity contribution >= 4 is 20.2 Å². The molecule has 8 nitrogen and oxygen atoms in total. The lowest BCUT2D eigenvalue weighted by molar-refractivity contribution is -0.216. The fourth-order valence-electron chi connectivity index (χ4n) is 4.79. The van der Waals surface area contributed by atoms with Gasteiger partial charge in [0.25, 0.3) is 20.2 Å². The number of ether oxygens (including phenoxy) is 2. The summed E-state index contributed by atoms with van der Waals surface area (Å²) >= 11 is 0. The predicted octanol–water partition coefficient (Wildman–Crippen LogP) is 5.66.